The summed E-state index contributed by atoms with van der Waals surface area (Å²) in [4.78, 5) is 4.81. The van der Waals surface area contributed by atoms with Gasteiger partial charge in [0.2, 0.25) is 0 Å². The van der Waals surface area contributed by atoms with Crippen molar-refractivity contribution in [3.8, 4) is 44.5 Å². The topological polar surface area (TPSA) is 6.48 Å². The fourth-order valence-electron chi connectivity index (χ4n) is 9.09. The molecule has 304 valence electrons. The molecule has 0 aliphatic heterocycles. The molecule has 0 bridgehead atoms. The molecular formula is C61H50N2. The van der Waals surface area contributed by atoms with Crippen molar-refractivity contribution in [2.24, 2.45) is 0 Å². The van der Waals surface area contributed by atoms with E-state index in [-0.39, 0.29) is 5.41 Å². The van der Waals surface area contributed by atoms with Gasteiger partial charge >= 0.3 is 0 Å². The van der Waals surface area contributed by atoms with Crippen LogP contribution in [-0.2, 0) is 5.41 Å². The number of allylic oxidation sites excluding steroid dienone is 2. The number of hydrogen-bond acceptors (Lipinski definition) is 2. The molecule has 0 radical (unpaired) electrons. The second-order valence-electron chi connectivity index (χ2n) is 16.8. The number of rotatable bonds is 11. The van der Waals surface area contributed by atoms with Crippen molar-refractivity contribution in [2.75, 3.05) is 9.80 Å². The molecule has 10 rings (SSSR count). The van der Waals surface area contributed by atoms with Crippen LogP contribution in [0.3, 0.4) is 0 Å². The van der Waals surface area contributed by atoms with Gasteiger partial charge in [0, 0.05) is 34.1 Å². The lowest BCUT2D eigenvalue weighted by molar-refractivity contribution is 0.417. The molecule has 1 atom stereocenters. The summed E-state index contributed by atoms with van der Waals surface area (Å²) in [5, 5.41) is 0. The van der Waals surface area contributed by atoms with Crippen LogP contribution in [0.5, 0.6) is 0 Å². The lowest BCUT2D eigenvalue weighted by Crippen LogP contribution is -2.28. The van der Waals surface area contributed by atoms with E-state index in [1.54, 1.807) is 0 Å². The van der Waals surface area contributed by atoms with E-state index >= 15 is 0 Å². The van der Waals surface area contributed by atoms with Crippen molar-refractivity contribution in [3.63, 3.8) is 0 Å². The average molecular weight is 811 g/mol. The molecule has 1 aliphatic carbocycles. The van der Waals surface area contributed by atoms with Gasteiger partial charge in [0.1, 0.15) is 0 Å². The smallest absolute Gasteiger partial charge is 0.0462 e. The first-order valence-corrected chi connectivity index (χ1v) is 22.1. The second-order valence-corrected chi connectivity index (χ2v) is 16.8. The maximum Gasteiger partial charge on any atom is 0.0462 e. The maximum absolute atomic E-state index is 2.48. The van der Waals surface area contributed by atoms with Crippen molar-refractivity contribution >= 4 is 28.4 Å². The molecule has 2 heteroatoms. The highest BCUT2D eigenvalue weighted by atomic mass is 15.2. The van der Waals surface area contributed by atoms with Crippen molar-refractivity contribution in [2.45, 2.75) is 31.6 Å². The first-order valence-electron chi connectivity index (χ1n) is 22.1. The molecule has 0 saturated carbocycles. The standard InChI is InChI=1S/C61H50N2/c1-61(54-20-12-5-13-21-54)44-42-60(43-45-61)63(58-36-26-51(27-37-58)48-18-10-4-11-19-48)59-40-30-53(31-41-59)52-28-38-57(39-29-52)62(55-32-22-49(23-33-55)46-14-6-2-7-15-46)56-34-24-50(25-35-56)47-16-8-3-9-17-47/h2-42H,43-45H2,1H3. The van der Waals surface area contributed by atoms with Crippen LogP contribution >= 0.6 is 0 Å². The normalized spacial score (nSPS) is 14.7. The van der Waals surface area contributed by atoms with Crippen LogP contribution in [0.25, 0.3) is 44.5 Å². The van der Waals surface area contributed by atoms with Gasteiger partial charge in [0.15, 0.2) is 0 Å². The van der Waals surface area contributed by atoms with E-state index in [1.807, 2.05) is 0 Å². The summed E-state index contributed by atoms with van der Waals surface area (Å²) in [6.07, 6.45) is 5.57. The summed E-state index contributed by atoms with van der Waals surface area (Å²) in [6, 6.07) is 87.8. The Balaban J connectivity index is 0.952. The molecule has 1 unspecified atom stereocenters. The fraction of sp³-hybridized carbons (Fsp3) is 0.0820. The van der Waals surface area contributed by atoms with E-state index in [0.29, 0.717) is 0 Å². The summed E-state index contributed by atoms with van der Waals surface area (Å²) in [7, 11) is 0. The van der Waals surface area contributed by atoms with Gasteiger partial charge in [-0.1, -0.05) is 195 Å². The molecule has 0 heterocycles. The van der Waals surface area contributed by atoms with Crippen molar-refractivity contribution in [3.05, 3.63) is 260 Å². The van der Waals surface area contributed by atoms with Crippen LogP contribution in [-0.4, -0.2) is 0 Å². The van der Waals surface area contributed by atoms with Crippen LogP contribution in [0.15, 0.2) is 254 Å². The van der Waals surface area contributed by atoms with Gasteiger partial charge < -0.3 is 9.80 Å². The summed E-state index contributed by atoms with van der Waals surface area (Å²) < 4.78 is 0. The monoisotopic (exact) mass is 810 g/mol. The first-order chi connectivity index (χ1) is 31.1. The molecule has 0 aromatic heterocycles. The summed E-state index contributed by atoms with van der Waals surface area (Å²) in [5.74, 6) is 0. The molecule has 0 saturated heterocycles. The van der Waals surface area contributed by atoms with Crippen LogP contribution in [0.4, 0.5) is 28.4 Å². The van der Waals surface area contributed by atoms with Gasteiger partial charge in [-0.05, 0) is 135 Å². The Labute approximate surface area is 372 Å². The van der Waals surface area contributed by atoms with Gasteiger partial charge in [-0.25, -0.2) is 0 Å². The minimum atomic E-state index is 0.121. The second kappa shape index (κ2) is 17.7. The highest BCUT2D eigenvalue weighted by Crippen LogP contribution is 2.43. The van der Waals surface area contributed by atoms with Crippen LogP contribution in [0, 0.1) is 0 Å². The molecule has 9 aromatic rings. The van der Waals surface area contributed by atoms with Gasteiger partial charge in [-0.15, -0.1) is 0 Å². The minimum absolute atomic E-state index is 0.121. The highest BCUT2D eigenvalue weighted by molar-refractivity contribution is 5.82. The maximum atomic E-state index is 2.48. The molecule has 2 nitrogen and oxygen atoms in total. The Morgan fingerprint density at radius 3 is 0.857 bits per heavy atom. The van der Waals surface area contributed by atoms with Crippen LogP contribution in [0.1, 0.15) is 31.7 Å². The number of benzene rings is 9. The van der Waals surface area contributed by atoms with E-state index in [0.717, 1.165) is 36.3 Å². The lowest BCUT2D eigenvalue weighted by Gasteiger charge is -2.37. The number of hydrogen-bond donors (Lipinski definition) is 0. The Hall–Kier alpha value is -7.68. The first kappa shape index (κ1) is 39.5. The largest absolute Gasteiger partial charge is 0.315 e. The number of nitrogens with zero attached hydrogens (tertiary/aromatic N) is 2. The van der Waals surface area contributed by atoms with E-state index in [4.69, 9.17) is 0 Å². The molecule has 0 fully saturated rings. The zero-order valence-electron chi connectivity index (χ0n) is 35.7. The van der Waals surface area contributed by atoms with E-state index in [9.17, 15) is 0 Å². The predicted octanol–water partition coefficient (Wildman–Crippen LogP) is 17.0. The third-order valence-corrected chi connectivity index (χ3v) is 12.8. The Morgan fingerprint density at radius 2 is 0.571 bits per heavy atom. The summed E-state index contributed by atoms with van der Waals surface area (Å²) in [6.45, 7) is 2.41. The molecule has 0 spiro atoms. The SMILES string of the molecule is CC1(c2ccccc2)CC=C(N(c2ccc(-c3ccccc3)cc2)c2ccc(-c3ccc(N(c4ccc(-c5ccccc5)cc4)c4ccc(-c5ccccc5)cc4)cc3)cc2)CC1. The van der Waals surface area contributed by atoms with Crippen molar-refractivity contribution < 1.29 is 0 Å². The molecule has 63 heavy (non-hydrogen) atoms. The Kier molecular flexibility index (Phi) is 11.1. The third-order valence-electron chi connectivity index (χ3n) is 12.8. The zero-order valence-corrected chi connectivity index (χ0v) is 35.7. The quantitative estimate of drug-likeness (QED) is 0.128. The molecule has 1 aliphatic rings. The lowest BCUT2D eigenvalue weighted by atomic mass is 9.72. The summed E-state index contributed by atoms with van der Waals surface area (Å²) >= 11 is 0. The van der Waals surface area contributed by atoms with E-state index in [1.165, 1.54) is 67.1 Å². The predicted molar refractivity (Wildman–Crippen MR) is 267 cm³/mol. The van der Waals surface area contributed by atoms with Gasteiger partial charge in [0.05, 0.1) is 0 Å². The molecule has 0 N–H and O–H groups in total. The van der Waals surface area contributed by atoms with Gasteiger partial charge in [0.25, 0.3) is 0 Å². The van der Waals surface area contributed by atoms with Crippen LogP contribution < -0.4 is 9.80 Å². The third kappa shape index (κ3) is 8.49. The van der Waals surface area contributed by atoms with Crippen LogP contribution in [0.2, 0.25) is 0 Å². The van der Waals surface area contributed by atoms with E-state index < -0.39 is 0 Å². The fourth-order valence-corrected chi connectivity index (χ4v) is 9.09. The van der Waals surface area contributed by atoms with Gasteiger partial charge in [-0.2, -0.15) is 0 Å². The van der Waals surface area contributed by atoms with Crippen molar-refractivity contribution in [1.29, 1.82) is 0 Å². The Morgan fingerprint density at radius 1 is 0.302 bits per heavy atom. The average Bonchev–Trinajstić information content (AvgIpc) is 3.37. The highest BCUT2D eigenvalue weighted by Gasteiger charge is 2.31. The molecule has 9 aromatic carbocycles. The molecule has 0 amide bonds. The minimum Gasteiger partial charge on any atom is -0.315 e. The van der Waals surface area contributed by atoms with E-state index in [2.05, 4.69) is 265 Å². The summed E-state index contributed by atoms with van der Waals surface area (Å²) in [5.41, 5.74) is 18.2. The molecular weight excluding hydrogens is 761 g/mol. The Bertz CT molecular complexity index is 2820. The van der Waals surface area contributed by atoms with Gasteiger partial charge in [-0.3, -0.25) is 0 Å². The van der Waals surface area contributed by atoms with Crippen molar-refractivity contribution in [1.82, 2.24) is 0 Å². The zero-order chi connectivity index (χ0) is 42.4. The number of anilines is 5.